The van der Waals surface area contributed by atoms with Gasteiger partial charge >= 0.3 is 11.9 Å². The third-order valence-electron chi connectivity index (χ3n) is 5.41. The smallest absolute Gasteiger partial charge is 0.341 e. The number of rotatable bonds is 4. The molecule has 0 amide bonds. The number of fused-ring (bicyclic) bond motifs is 2. The number of anilines is 1. The molecule has 0 spiro atoms. The third kappa shape index (κ3) is 3.10. The molecule has 3 aromatic rings. The van der Waals surface area contributed by atoms with E-state index in [1.165, 1.54) is 13.3 Å². The van der Waals surface area contributed by atoms with Crippen molar-refractivity contribution >= 4 is 28.5 Å². The quantitative estimate of drug-likeness (QED) is 0.665. The largest absolute Gasteiger partial charge is 0.477 e. The Hall–Kier alpha value is -3.68. The normalized spacial score (nSPS) is 12.8. The summed E-state index contributed by atoms with van der Waals surface area (Å²) in [5, 5.41) is 9.30. The van der Waals surface area contributed by atoms with Gasteiger partial charge in [-0.15, -0.1) is 0 Å². The number of carbonyl (C=O) groups excluding carboxylic acids is 1. The lowest BCUT2D eigenvalue weighted by Gasteiger charge is -2.20. The molecule has 0 fully saturated rings. The number of esters is 1. The zero-order valence-corrected chi connectivity index (χ0v) is 16.4. The van der Waals surface area contributed by atoms with Crippen LogP contribution in [0.3, 0.4) is 0 Å². The highest BCUT2D eigenvalue weighted by atomic mass is 19.1. The number of aryl methyl sites for hydroxylation is 1. The van der Waals surface area contributed by atoms with Gasteiger partial charge in [-0.05, 0) is 42.3 Å². The summed E-state index contributed by atoms with van der Waals surface area (Å²) in [5.74, 6) is -2.38. The van der Waals surface area contributed by atoms with Gasteiger partial charge in [-0.1, -0.05) is 6.07 Å². The molecular weight excluding hydrogens is 391 g/mol. The van der Waals surface area contributed by atoms with Crippen LogP contribution >= 0.6 is 0 Å². The van der Waals surface area contributed by atoms with E-state index in [1.807, 2.05) is 17.9 Å². The molecule has 0 bridgehead atoms. The van der Waals surface area contributed by atoms with Crippen LogP contribution in [0, 0.1) is 5.82 Å². The number of hydrogen-bond acceptors (Lipinski definition) is 5. The van der Waals surface area contributed by atoms with Crippen LogP contribution in [0.1, 0.15) is 38.8 Å². The predicted octanol–water partition coefficient (Wildman–Crippen LogP) is 3.17. The van der Waals surface area contributed by atoms with Crippen LogP contribution in [-0.2, 0) is 24.4 Å². The maximum Gasteiger partial charge on any atom is 0.341 e. The molecule has 0 radical (unpaired) electrons. The Kier molecular flexibility index (Phi) is 4.77. The minimum Gasteiger partial charge on any atom is -0.477 e. The first-order valence-corrected chi connectivity index (χ1v) is 9.39. The van der Waals surface area contributed by atoms with Gasteiger partial charge in [-0.3, -0.25) is 4.79 Å². The Morgan fingerprint density at radius 1 is 1.17 bits per heavy atom. The number of aromatic carboxylic acids is 1. The van der Waals surface area contributed by atoms with Gasteiger partial charge in [-0.25, -0.2) is 14.0 Å². The number of pyridine rings is 1. The van der Waals surface area contributed by atoms with E-state index in [0.29, 0.717) is 36.4 Å². The number of nitrogens with zero attached hydrogens (tertiary/aromatic N) is 2. The van der Waals surface area contributed by atoms with Crippen molar-refractivity contribution in [3.63, 3.8) is 0 Å². The molecule has 0 unspecified atom stereocenters. The number of carbonyl (C=O) groups is 2. The lowest BCUT2D eigenvalue weighted by molar-refractivity contribution is 0.0599. The van der Waals surface area contributed by atoms with Crippen LogP contribution in [0.4, 0.5) is 10.1 Å². The van der Waals surface area contributed by atoms with Gasteiger partial charge in [0.15, 0.2) is 0 Å². The topological polar surface area (TPSA) is 88.8 Å². The molecule has 0 saturated heterocycles. The van der Waals surface area contributed by atoms with E-state index in [-0.39, 0.29) is 10.9 Å². The highest BCUT2D eigenvalue weighted by molar-refractivity contribution is 5.93. The van der Waals surface area contributed by atoms with Gasteiger partial charge in [0.05, 0.1) is 23.9 Å². The second kappa shape index (κ2) is 7.29. The molecule has 1 aromatic heterocycles. The molecule has 1 aliphatic heterocycles. The SMILES string of the molecule is CCn1cc(C(=O)O)c(=O)c2cc(F)c(N3Cc4ccc(C(=O)OC)cc4C3)cc21. The maximum absolute atomic E-state index is 15.0. The van der Waals surface area contributed by atoms with Crippen molar-refractivity contribution in [2.75, 3.05) is 12.0 Å². The molecular formula is C22H19FN2O5. The molecule has 7 nitrogen and oxygen atoms in total. The minimum atomic E-state index is -1.34. The van der Waals surface area contributed by atoms with Crippen LogP contribution in [0.15, 0.2) is 41.3 Å². The Balaban J connectivity index is 1.79. The summed E-state index contributed by atoms with van der Waals surface area (Å²) in [6, 6.07) is 7.92. The van der Waals surface area contributed by atoms with E-state index in [9.17, 15) is 23.9 Å². The van der Waals surface area contributed by atoms with Crippen molar-refractivity contribution in [2.24, 2.45) is 0 Å². The summed E-state index contributed by atoms with van der Waals surface area (Å²) in [7, 11) is 1.31. The maximum atomic E-state index is 15.0. The third-order valence-corrected chi connectivity index (χ3v) is 5.41. The molecule has 0 atom stereocenters. The fourth-order valence-corrected chi connectivity index (χ4v) is 3.87. The van der Waals surface area contributed by atoms with Gasteiger partial charge in [-0.2, -0.15) is 0 Å². The van der Waals surface area contributed by atoms with E-state index < -0.39 is 23.2 Å². The summed E-state index contributed by atoms with van der Waals surface area (Å²) in [4.78, 5) is 37.5. The zero-order chi connectivity index (χ0) is 21.6. The number of carboxylic acids is 1. The number of hydrogen-bond donors (Lipinski definition) is 1. The van der Waals surface area contributed by atoms with E-state index >= 15 is 0 Å². The van der Waals surface area contributed by atoms with Crippen molar-refractivity contribution in [1.29, 1.82) is 0 Å². The predicted molar refractivity (Wildman–Crippen MR) is 108 cm³/mol. The molecule has 0 aliphatic carbocycles. The van der Waals surface area contributed by atoms with Crippen molar-refractivity contribution in [3.8, 4) is 0 Å². The minimum absolute atomic E-state index is 0.0303. The fourth-order valence-electron chi connectivity index (χ4n) is 3.87. The molecule has 2 aromatic carbocycles. The number of halogens is 1. The van der Waals surface area contributed by atoms with Crippen LogP contribution in [0.5, 0.6) is 0 Å². The molecule has 4 rings (SSSR count). The van der Waals surface area contributed by atoms with E-state index in [0.717, 1.165) is 17.2 Å². The first-order chi connectivity index (χ1) is 14.3. The van der Waals surface area contributed by atoms with Crippen molar-refractivity contribution < 1.29 is 23.8 Å². The number of benzene rings is 2. The van der Waals surface area contributed by atoms with Gasteiger partial charge < -0.3 is 19.3 Å². The number of ether oxygens (including phenoxy) is 1. The Morgan fingerprint density at radius 2 is 1.90 bits per heavy atom. The molecule has 0 saturated carbocycles. The summed E-state index contributed by atoms with van der Waals surface area (Å²) >= 11 is 0. The van der Waals surface area contributed by atoms with E-state index in [4.69, 9.17) is 4.74 Å². The second-order valence-electron chi connectivity index (χ2n) is 7.11. The van der Waals surface area contributed by atoms with Crippen molar-refractivity contribution in [1.82, 2.24) is 4.57 Å². The Morgan fingerprint density at radius 3 is 2.57 bits per heavy atom. The van der Waals surface area contributed by atoms with Gasteiger partial charge in [0.25, 0.3) is 0 Å². The summed E-state index contributed by atoms with van der Waals surface area (Å²) in [5.41, 5.74) is 1.97. The van der Waals surface area contributed by atoms with E-state index in [2.05, 4.69) is 0 Å². The van der Waals surface area contributed by atoms with Gasteiger partial charge in [0.2, 0.25) is 5.43 Å². The molecule has 154 valence electrons. The van der Waals surface area contributed by atoms with Crippen LogP contribution in [0.2, 0.25) is 0 Å². The number of aromatic nitrogens is 1. The summed E-state index contributed by atoms with van der Waals surface area (Å²) < 4.78 is 21.4. The number of methoxy groups -OCH3 is 1. The lowest BCUT2D eigenvalue weighted by atomic mass is 10.1. The monoisotopic (exact) mass is 410 g/mol. The van der Waals surface area contributed by atoms with Gasteiger partial charge in [0.1, 0.15) is 11.4 Å². The molecule has 8 heteroatoms. The Labute approximate surface area is 170 Å². The standard InChI is InChI=1S/C22H19FN2O5/c1-3-24-11-16(21(27)28)20(26)15-7-17(23)19(8-18(15)24)25-9-13-5-4-12(22(29)30-2)6-14(13)10-25/h4-8,11H,3,9-10H2,1-2H3,(H,27,28). The van der Waals surface area contributed by atoms with Crippen LogP contribution < -0.4 is 10.3 Å². The first-order valence-electron chi connectivity index (χ1n) is 9.39. The average molecular weight is 410 g/mol. The van der Waals surface area contributed by atoms with Crippen LogP contribution in [0.25, 0.3) is 10.9 Å². The summed E-state index contributed by atoms with van der Waals surface area (Å²) in [6.07, 6.45) is 1.29. The van der Waals surface area contributed by atoms with Crippen LogP contribution in [-0.4, -0.2) is 28.7 Å². The highest BCUT2D eigenvalue weighted by Crippen LogP contribution is 2.33. The molecule has 2 heterocycles. The summed E-state index contributed by atoms with van der Waals surface area (Å²) in [6.45, 7) is 3.08. The van der Waals surface area contributed by atoms with E-state index in [1.54, 1.807) is 22.8 Å². The second-order valence-corrected chi connectivity index (χ2v) is 7.11. The van der Waals surface area contributed by atoms with Crippen molar-refractivity contribution in [3.05, 3.63) is 74.8 Å². The lowest BCUT2D eigenvalue weighted by Crippen LogP contribution is -2.21. The number of carboxylic acid groups (broad SMARTS) is 1. The molecule has 1 aliphatic rings. The van der Waals surface area contributed by atoms with Gasteiger partial charge in [0, 0.05) is 31.2 Å². The zero-order valence-electron chi connectivity index (χ0n) is 16.4. The molecule has 30 heavy (non-hydrogen) atoms. The Bertz CT molecular complexity index is 1260. The average Bonchev–Trinajstić information content (AvgIpc) is 3.16. The molecule has 1 N–H and O–H groups in total. The van der Waals surface area contributed by atoms with Crippen molar-refractivity contribution in [2.45, 2.75) is 26.6 Å². The highest BCUT2D eigenvalue weighted by Gasteiger charge is 2.25. The fraction of sp³-hybridized carbons (Fsp3) is 0.227. The first kappa shape index (κ1) is 19.6.